The van der Waals surface area contributed by atoms with Crippen LogP contribution in [0.5, 0.6) is 0 Å². The van der Waals surface area contributed by atoms with Crippen LogP contribution in [0.15, 0.2) is 59.2 Å². The first-order valence-corrected chi connectivity index (χ1v) is 7.51. The van der Waals surface area contributed by atoms with E-state index in [1.807, 2.05) is 66.3 Å². The van der Waals surface area contributed by atoms with Gasteiger partial charge in [0.05, 0.1) is 6.54 Å². The van der Waals surface area contributed by atoms with Crippen LogP contribution in [0.1, 0.15) is 10.4 Å². The van der Waals surface area contributed by atoms with Crippen molar-refractivity contribution in [2.75, 3.05) is 11.9 Å². The summed E-state index contributed by atoms with van der Waals surface area (Å²) in [5.74, 6) is 0.0896. The van der Waals surface area contributed by atoms with E-state index in [0.717, 1.165) is 26.6 Å². The van der Waals surface area contributed by atoms with Crippen LogP contribution in [0.3, 0.4) is 0 Å². The number of ketones is 1. The smallest absolute Gasteiger partial charge is 0.184 e. The van der Waals surface area contributed by atoms with Crippen LogP contribution in [-0.4, -0.2) is 16.9 Å². The molecule has 0 aliphatic heterocycles. The molecule has 0 unspecified atom stereocenters. The quantitative estimate of drug-likeness (QED) is 0.719. The molecule has 4 heteroatoms. The van der Waals surface area contributed by atoms with Gasteiger partial charge in [-0.15, -0.1) is 0 Å². The molecule has 1 N–H and O–H groups in total. The molecule has 0 aliphatic rings. The van der Waals surface area contributed by atoms with E-state index in [-0.39, 0.29) is 12.3 Å². The summed E-state index contributed by atoms with van der Waals surface area (Å²) in [7, 11) is 1.96. The maximum absolute atomic E-state index is 12.4. The van der Waals surface area contributed by atoms with E-state index in [9.17, 15) is 4.79 Å². The van der Waals surface area contributed by atoms with Crippen LogP contribution in [0.2, 0.25) is 0 Å². The van der Waals surface area contributed by atoms with Crippen LogP contribution in [0, 0.1) is 0 Å². The van der Waals surface area contributed by atoms with Crippen LogP contribution in [-0.2, 0) is 7.05 Å². The van der Waals surface area contributed by atoms with Gasteiger partial charge < -0.3 is 9.88 Å². The Hall–Kier alpha value is -2.07. The number of halogens is 1. The predicted octanol–water partition coefficient (Wildman–Crippen LogP) is 4.24. The standard InChI is InChI=1S/C17H15BrN2O/c1-20-11-15(14-7-2-3-8-16(14)20)17(21)10-19-13-6-4-5-12(18)9-13/h2-9,11,19H,10H2,1H3. The van der Waals surface area contributed by atoms with E-state index in [2.05, 4.69) is 21.2 Å². The Morgan fingerprint density at radius 2 is 2.00 bits per heavy atom. The Bertz CT molecular complexity index is 807. The van der Waals surface area contributed by atoms with Gasteiger partial charge in [-0.05, 0) is 24.3 Å². The Kier molecular flexibility index (Phi) is 3.80. The number of carbonyl (C=O) groups excluding carboxylic acids is 1. The number of para-hydroxylation sites is 1. The first-order valence-electron chi connectivity index (χ1n) is 6.72. The molecule has 0 radical (unpaired) electrons. The number of hydrogen-bond donors (Lipinski definition) is 1. The van der Waals surface area contributed by atoms with Crippen molar-refractivity contribution in [1.82, 2.24) is 4.57 Å². The molecule has 1 aromatic heterocycles. The molecule has 0 spiro atoms. The summed E-state index contributed by atoms with van der Waals surface area (Å²) < 4.78 is 2.98. The Labute approximate surface area is 131 Å². The van der Waals surface area contributed by atoms with Gasteiger partial charge in [-0.25, -0.2) is 0 Å². The van der Waals surface area contributed by atoms with Crippen molar-refractivity contribution in [1.29, 1.82) is 0 Å². The normalized spacial score (nSPS) is 10.8. The van der Waals surface area contributed by atoms with Gasteiger partial charge in [0.1, 0.15) is 0 Å². The van der Waals surface area contributed by atoms with Crippen molar-refractivity contribution in [3.8, 4) is 0 Å². The lowest BCUT2D eigenvalue weighted by Gasteiger charge is -2.05. The molecule has 106 valence electrons. The van der Waals surface area contributed by atoms with Crippen LogP contribution in [0.25, 0.3) is 10.9 Å². The van der Waals surface area contributed by atoms with E-state index in [4.69, 9.17) is 0 Å². The molecule has 2 aromatic carbocycles. The fraction of sp³-hybridized carbons (Fsp3) is 0.118. The predicted molar refractivity (Wildman–Crippen MR) is 89.9 cm³/mol. The summed E-state index contributed by atoms with van der Waals surface area (Å²) in [5, 5.41) is 4.17. The van der Waals surface area contributed by atoms with Gasteiger partial charge in [0.25, 0.3) is 0 Å². The largest absolute Gasteiger partial charge is 0.378 e. The number of fused-ring (bicyclic) bond motifs is 1. The molecule has 0 saturated heterocycles. The fourth-order valence-corrected chi connectivity index (χ4v) is 2.84. The number of benzene rings is 2. The molecule has 0 saturated carbocycles. The second-order valence-corrected chi connectivity index (χ2v) is 5.87. The molecule has 21 heavy (non-hydrogen) atoms. The van der Waals surface area contributed by atoms with Crippen LogP contribution in [0.4, 0.5) is 5.69 Å². The maximum atomic E-state index is 12.4. The highest BCUT2D eigenvalue weighted by atomic mass is 79.9. The third kappa shape index (κ3) is 2.85. The van der Waals surface area contributed by atoms with Crippen molar-refractivity contribution in [3.05, 3.63) is 64.8 Å². The summed E-state index contributed by atoms with van der Waals surface area (Å²) in [4.78, 5) is 12.4. The van der Waals surface area contributed by atoms with Gasteiger partial charge in [-0.3, -0.25) is 4.79 Å². The Morgan fingerprint density at radius 1 is 1.19 bits per heavy atom. The highest BCUT2D eigenvalue weighted by Gasteiger charge is 2.13. The summed E-state index contributed by atoms with van der Waals surface area (Å²) in [6, 6.07) is 15.7. The van der Waals surface area contributed by atoms with Gasteiger partial charge >= 0.3 is 0 Å². The molecule has 0 bridgehead atoms. The second kappa shape index (κ2) is 5.74. The average Bonchev–Trinajstić information content (AvgIpc) is 2.83. The third-order valence-corrected chi connectivity index (χ3v) is 3.97. The van der Waals surface area contributed by atoms with E-state index >= 15 is 0 Å². The minimum absolute atomic E-state index is 0.0896. The number of anilines is 1. The highest BCUT2D eigenvalue weighted by molar-refractivity contribution is 9.10. The molecular weight excluding hydrogens is 328 g/mol. The number of Topliss-reactive ketones (excluding diaryl/α,β-unsaturated/α-hetero) is 1. The maximum Gasteiger partial charge on any atom is 0.184 e. The Morgan fingerprint density at radius 3 is 2.81 bits per heavy atom. The number of nitrogens with one attached hydrogen (secondary N) is 1. The molecule has 0 atom stereocenters. The van der Waals surface area contributed by atoms with Crippen LogP contribution < -0.4 is 5.32 Å². The zero-order chi connectivity index (χ0) is 14.8. The van der Waals surface area contributed by atoms with Crippen molar-refractivity contribution in [2.24, 2.45) is 7.05 Å². The number of rotatable bonds is 4. The number of hydrogen-bond acceptors (Lipinski definition) is 2. The molecule has 0 fully saturated rings. The minimum Gasteiger partial charge on any atom is -0.378 e. The van der Waals surface area contributed by atoms with E-state index in [0.29, 0.717) is 0 Å². The monoisotopic (exact) mass is 342 g/mol. The fourth-order valence-electron chi connectivity index (χ4n) is 2.44. The Balaban J connectivity index is 1.81. The van der Waals surface area contributed by atoms with Gasteiger partial charge in [0, 0.05) is 39.9 Å². The number of aromatic nitrogens is 1. The minimum atomic E-state index is 0.0896. The second-order valence-electron chi connectivity index (χ2n) is 4.96. The number of aryl methyl sites for hydroxylation is 1. The zero-order valence-corrected chi connectivity index (χ0v) is 13.2. The molecule has 1 heterocycles. The lowest BCUT2D eigenvalue weighted by atomic mass is 10.1. The van der Waals surface area contributed by atoms with Crippen molar-refractivity contribution >= 4 is 38.3 Å². The van der Waals surface area contributed by atoms with Gasteiger partial charge in [0.2, 0.25) is 0 Å². The average molecular weight is 343 g/mol. The lowest BCUT2D eigenvalue weighted by molar-refractivity contribution is 0.101. The molecule has 0 aliphatic carbocycles. The van der Waals surface area contributed by atoms with Gasteiger partial charge in [-0.1, -0.05) is 40.2 Å². The van der Waals surface area contributed by atoms with E-state index < -0.39 is 0 Å². The molecule has 3 aromatic rings. The van der Waals surface area contributed by atoms with Gasteiger partial charge in [0.15, 0.2) is 5.78 Å². The van der Waals surface area contributed by atoms with Crippen molar-refractivity contribution < 1.29 is 4.79 Å². The van der Waals surface area contributed by atoms with Crippen molar-refractivity contribution in [3.63, 3.8) is 0 Å². The topological polar surface area (TPSA) is 34.0 Å². The first-order chi connectivity index (χ1) is 10.1. The summed E-state index contributed by atoms with van der Waals surface area (Å²) in [5.41, 5.74) is 2.76. The first kappa shape index (κ1) is 13.9. The highest BCUT2D eigenvalue weighted by Crippen LogP contribution is 2.21. The molecule has 3 rings (SSSR count). The van der Waals surface area contributed by atoms with Crippen LogP contribution >= 0.6 is 15.9 Å². The zero-order valence-electron chi connectivity index (χ0n) is 11.6. The summed E-state index contributed by atoms with van der Waals surface area (Å²) in [6.07, 6.45) is 1.90. The van der Waals surface area contributed by atoms with Crippen molar-refractivity contribution in [2.45, 2.75) is 0 Å². The SMILES string of the molecule is Cn1cc(C(=O)CNc2cccc(Br)c2)c2ccccc21. The van der Waals surface area contributed by atoms with Gasteiger partial charge in [-0.2, -0.15) is 0 Å². The summed E-state index contributed by atoms with van der Waals surface area (Å²) in [6.45, 7) is 0.282. The van der Waals surface area contributed by atoms with E-state index in [1.165, 1.54) is 0 Å². The van der Waals surface area contributed by atoms with E-state index in [1.54, 1.807) is 0 Å². The lowest BCUT2D eigenvalue weighted by Crippen LogP contribution is -2.13. The molecular formula is C17H15BrN2O. The molecule has 0 amide bonds. The summed E-state index contributed by atoms with van der Waals surface area (Å²) >= 11 is 3.42. The number of carbonyl (C=O) groups is 1. The number of nitrogens with zero attached hydrogens (tertiary/aromatic N) is 1. The molecule has 3 nitrogen and oxygen atoms in total. The third-order valence-electron chi connectivity index (χ3n) is 3.48.